The van der Waals surface area contributed by atoms with Crippen molar-refractivity contribution in [3.63, 3.8) is 0 Å². The molecule has 0 unspecified atom stereocenters. The average molecular weight is 324 g/mol. The second-order valence-corrected chi connectivity index (χ2v) is 6.52. The van der Waals surface area contributed by atoms with Crippen LogP contribution >= 0.6 is 0 Å². The maximum atomic E-state index is 12.4. The zero-order chi connectivity index (χ0) is 16.4. The minimum Gasteiger partial charge on any atom is -0.394 e. The number of aliphatic hydroxyl groups excluding tert-OH is 1. The summed E-state index contributed by atoms with van der Waals surface area (Å²) in [6.45, 7) is 0.533. The molecule has 3 N–H and O–H groups in total. The molecule has 2 heterocycles. The van der Waals surface area contributed by atoms with E-state index in [1.54, 1.807) is 4.90 Å². The van der Waals surface area contributed by atoms with Gasteiger partial charge in [-0.1, -0.05) is 19.3 Å². The number of urea groups is 1. The van der Waals surface area contributed by atoms with Crippen LogP contribution < -0.4 is 10.6 Å². The maximum Gasteiger partial charge on any atom is 0.317 e. The Balaban J connectivity index is 1.59. The van der Waals surface area contributed by atoms with E-state index in [9.17, 15) is 14.4 Å². The molecule has 128 valence electrons. The van der Waals surface area contributed by atoms with Crippen molar-refractivity contribution in [2.24, 2.45) is 0 Å². The number of hydrogen-bond donors (Lipinski definition) is 3. The molecular formula is C15H24N4O4. The van der Waals surface area contributed by atoms with Crippen LogP contribution in [-0.2, 0) is 9.59 Å². The van der Waals surface area contributed by atoms with Gasteiger partial charge in [-0.15, -0.1) is 0 Å². The van der Waals surface area contributed by atoms with Gasteiger partial charge in [-0.3, -0.25) is 9.59 Å². The summed E-state index contributed by atoms with van der Waals surface area (Å²) in [7, 11) is 0. The molecule has 3 fully saturated rings. The monoisotopic (exact) mass is 324 g/mol. The van der Waals surface area contributed by atoms with Crippen LogP contribution in [0.5, 0.6) is 0 Å². The molecule has 1 aliphatic carbocycles. The molecule has 8 nitrogen and oxygen atoms in total. The maximum absolute atomic E-state index is 12.4. The van der Waals surface area contributed by atoms with Gasteiger partial charge >= 0.3 is 6.03 Å². The SMILES string of the molecule is O=C1N[C@H](CO)C(=O)N2CCN(C(=O)NC3CCCCC3)C[C@H]12. The number of nitrogens with one attached hydrogen (secondary N) is 2. The number of hydrogen-bond acceptors (Lipinski definition) is 4. The number of aliphatic hydroxyl groups is 1. The van der Waals surface area contributed by atoms with Crippen molar-refractivity contribution in [2.45, 2.75) is 50.2 Å². The van der Waals surface area contributed by atoms with E-state index in [-0.39, 0.29) is 30.4 Å². The Labute approximate surface area is 135 Å². The van der Waals surface area contributed by atoms with Crippen LogP contribution in [0.1, 0.15) is 32.1 Å². The second-order valence-electron chi connectivity index (χ2n) is 6.52. The predicted molar refractivity (Wildman–Crippen MR) is 81.5 cm³/mol. The minimum absolute atomic E-state index is 0.152. The summed E-state index contributed by atoms with van der Waals surface area (Å²) in [4.78, 5) is 39.8. The Kier molecular flexibility index (Phi) is 4.70. The zero-order valence-corrected chi connectivity index (χ0v) is 13.2. The van der Waals surface area contributed by atoms with E-state index in [4.69, 9.17) is 5.11 Å². The third-order valence-corrected chi connectivity index (χ3v) is 4.98. The molecule has 3 rings (SSSR count). The zero-order valence-electron chi connectivity index (χ0n) is 13.2. The Morgan fingerprint density at radius 1 is 1.22 bits per heavy atom. The van der Waals surface area contributed by atoms with Gasteiger partial charge in [-0.05, 0) is 12.8 Å². The number of piperazine rings is 2. The summed E-state index contributed by atoms with van der Waals surface area (Å²) < 4.78 is 0. The van der Waals surface area contributed by atoms with Crippen molar-refractivity contribution in [1.82, 2.24) is 20.4 Å². The predicted octanol–water partition coefficient (Wildman–Crippen LogP) is -0.968. The van der Waals surface area contributed by atoms with Gasteiger partial charge < -0.3 is 25.5 Å². The molecule has 0 spiro atoms. The first-order valence-corrected chi connectivity index (χ1v) is 8.37. The number of fused-ring (bicyclic) bond motifs is 1. The molecule has 2 saturated heterocycles. The second kappa shape index (κ2) is 6.74. The standard InChI is InChI=1S/C15H24N4O4/c20-9-11-14(22)19-7-6-18(8-12(19)13(21)17-11)15(23)16-10-4-2-1-3-5-10/h10-12,20H,1-9H2,(H,16,23)(H,17,21)/t11-,12-/m1/s1. The van der Waals surface area contributed by atoms with Crippen molar-refractivity contribution in [3.8, 4) is 0 Å². The third-order valence-electron chi connectivity index (χ3n) is 4.98. The lowest BCUT2D eigenvalue weighted by molar-refractivity contribution is -0.153. The molecule has 8 heteroatoms. The Morgan fingerprint density at radius 3 is 2.65 bits per heavy atom. The molecule has 0 radical (unpaired) electrons. The van der Waals surface area contributed by atoms with E-state index < -0.39 is 18.7 Å². The molecule has 23 heavy (non-hydrogen) atoms. The summed E-state index contributed by atoms with van der Waals surface area (Å²) in [5, 5.41) is 14.7. The average Bonchev–Trinajstić information content (AvgIpc) is 2.58. The smallest absolute Gasteiger partial charge is 0.317 e. The first-order valence-electron chi connectivity index (χ1n) is 8.37. The number of carbonyl (C=O) groups excluding carboxylic acids is 3. The highest BCUT2D eigenvalue weighted by Crippen LogP contribution is 2.19. The van der Waals surface area contributed by atoms with E-state index in [2.05, 4.69) is 10.6 Å². The number of amides is 4. The fraction of sp³-hybridized carbons (Fsp3) is 0.800. The van der Waals surface area contributed by atoms with Crippen molar-refractivity contribution in [1.29, 1.82) is 0 Å². The normalized spacial score (nSPS) is 29.1. The Morgan fingerprint density at radius 2 is 1.96 bits per heavy atom. The molecular weight excluding hydrogens is 300 g/mol. The minimum atomic E-state index is -0.860. The van der Waals surface area contributed by atoms with Crippen LogP contribution in [0.3, 0.4) is 0 Å². The van der Waals surface area contributed by atoms with Crippen LogP contribution in [0.15, 0.2) is 0 Å². The fourth-order valence-corrected chi connectivity index (χ4v) is 3.62. The van der Waals surface area contributed by atoms with E-state index in [0.29, 0.717) is 13.1 Å². The van der Waals surface area contributed by atoms with Gasteiger partial charge in [0, 0.05) is 19.1 Å². The van der Waals surface area contributed by atoms with Crippen molar-refractivity contribution >= 4 is 17.8 Å². The number of nitrogens with zero attached hydrogens (tertiary/aromatic N) is 2. The van der Waals surface area contributed by atoms with Crippen LogP contribution in [0, 0.1) is 0 Å². The van der Waals surface area contributed by atoms with Crippen LogP contribution in [0.4, 0.5) is 4.79 Å². The van der Waals surface area contributed by atoms with Crippen LogP contribution in [-0.4, -0.2) is 77.1 Å². The highest BCUT2D eigenvalue weighted by Gasteiger charge is 2.44. The molecule has 0 bridgehead atoms. The molecule has 0 aromatic rings. The fourth-order valence-electron chi connectivity index (χ4n) is 3.62. The van der Waals surface area contributed by atoms with Gasteiger partial charge in [-0.2, -0.15) is 0 Å². The van der Waals surface area contributed by atoms with Gasteiger partial charge in [0.2, 0.25) is 11.8 Å². The van der Waals surface area contributed by atoms with Crippen molar-refractivity contribution < 1.29 is 19.5 Å². The number of carbonyl (C=O) groups is 3. The topological polar surface area (TPSA) is 102 Å². The Bertz CT molecular complexity index is 492. The summed E-state index contributed by atoms with van der Waals surface area (Å²) in [6.07, 6.45) is 5.52. The molecule has 1 saturated carbocycles. The van der Waals surface area contributed by atoms with E-state index in [1.807, 2.05) is 0 Å². The molecule has 4 amide bonds. The van der Waals surface area contributed by atoms with Gasteiger partial charge in [-0.25, -0.2) is 4.79 Å². The lowest BCUT2D eigenvalue weighted by atomic mass is 9.96. The summed E-state index contributed by atoms with van der Waals surface area (Å²) >= 11 is 0. The molecule has 2 aliphatic heterocycles. The quantitative estimate of drug-likeness (QED) is 0.608. The van der Waals surface area contributed by atoms with Crippen molar-refractivity contribution in [3.05, 3.63) is 0 Å². The molecule has 2 atom stereocenters. The van der Waals surface area contributed by atoms with Gasteiger partial charge in [0.25, 0.3) is 0 Å². The van der Waals surface area contributed by atoms with E-state index in [0.717, 1.165) is 25.7 Å². The summed E-state index contributed by atoms with van der Waals surface area (Å²) in [6, 6.07) is -1.45. The Hall–Kier alpha value is -1.83. The van der Waals surface area contributed by atoms with E-state index in [1.165, 1.54) is 11.3 Å². The lowest BCUT2D eigenvalue weighted by Crippen LogP contribution is -2.70. The third kappa shape index (κ3) is 3.26. The summed E-state index contributed by atoms with van der Waals surface area (Å²) in [5.74, 6) is -0.580. The first kappa shape index (κ1) is 16.0. The summed E-state index contributed by atoms with van der Waals surface area (Å²) in [5.41, 5.74) is 0. The highest BCUT2D eigenvalue weighted by molar-refractivity contribution is 5.97. The molecule has 0 aromatic carbocycles. The number of rotatable bonds is 2. The van der Waals surface area contributed by atoms with Gasteiger partial charge in [0.15, 0.2) is 0 Å². The first-order chi connectivity index (χ1) is 11.1. The van der Waals surface area contributed by atoms with Crippen LogP contribution in [0.2, 0.25) is 0 Å². The van der Waals surface area contributed by atoms with Crippen LogP contribution in [0.25, 0.3) is 0 Å². The largest absolute Gasteiger partial charge is 0.394 e. The van der Waals surface area contributed by atoms with Gasteiger partial charge in [0.1, 0.15) is 12.1 Å². The highest BCUT2D eigenvalue weighted by atomic mass is 16.3. The van der Waals surface area contributed by atoms with Crippen molar-refractivity contribution in [2.75, 3.05) is 26.2 Å². The van der Waals surface area contributed by atoms with Gasteiger partial charge in [0.05, 0.1) is 13.2 Å². The lowest BCUT2D eigenvalue weighted by Gasteiger charge is -2.45. The van der Waals surface area contributed by atoms with E-state index >= 15 is 0 Å². The molecule has 0 aromatic heterocycles. The molecule has 3 aliphatic rings.